The SMILES string of the molecule is Cc1nc(C#N)cc(N(C)Cc2cccc(Br)c2)n1. The second kappa shape index (κ2) is 5.81. The minimum Gasteiger partial charge on any atom is -0.355 e. The third kappa shape index (κ3) is 3.52. The Morgan fingerprint density at radius 1 is 1.32 bits per heavy atom. The van der Waals surface area contributed by atoms with Gasteiger partial charge in [-0.1, -0.05) is 28.1 Å². The van der Waals surface area contributed by atoms with Crippen LogP contribution in [0.15, 0.2) is 34.8 Å². The lowest BCUT2D eigenvalue weighted by Crippen LogP contribution is -2.18. The van der Waals surface area contributed by atoms with Crippen molar-refractivity contribution in [1.82, 2.24) is 9.97 Å². The van der Waals surface area contributed by atoms with E-state index in [9.17, 15) is 0 Å². The van der Waals surface area contributed by atoms with Crippen molar-refractivity contribution in [3.05, 3.63) is 51.9 Å². The molecule has 1 aromatic carbocycles. The average Bonchev–Trinajstić information content (AvgIpc) is 2.38. The van der Waals surface area contributed by atoms with Crippen LogP contribution in [0.2, 0.25) is 0 Å². The fraction of sp³-hybridized carbons (Fsp3) is 0.214. The van der Waals surface area contributed by atoms with Crippen molar-refractivity contribution in [2.24, 2.45) is 0 Å². The molecular formula is C14H13BrN4. The zero-order valence-corrected chi connectivity index (χ0v) is 12.3. The van der Waals surface area contributed by atoms with Gasteiger partial charge in [0.2, 0.25) is 0 Å². The van der Waals surface area contributed by atoms with E-state index < -0.39 is 0 Å². The zero-order valence-electron chi connectivity index (χ0n) is 10.8. The second-order valence-corrected chi connectivity index (χ2v) is 5.17. The number of anilines is 1. The van der Waals surface area contributed by atoms with Gasteiger partial charge in [0.15, 0.2) is 0 Å². The fourth-order valence-electron chi connectivity index (χ4n) is 1.79. The second-order valence-electron chi connectivity index (χ2n) is 4.26. The summed E-state index contributed by atoms with van der Waals surface area (Å²) in [5.74, 6) is 1.36. The van der Waals surface area contributed by atoms with Gasteiger partial charge >= 0.3 is 0 Å². The Morgan fingerprint density at radius 2 is 2.11 bits per heavy atom. The lowest BCUT2D eigenvalue weighted by atomic mass is 10.2. The number of benzene rings is 1. The number of nitrogens with zero attached hydrogens (tertiary/aromatic N) is 4. The zero-order chi connectivity index (χ0) is 13.8. The quantitative estimate of drug-likeness (QED) is 0.873. The summed E-state index contributed by atoms with van der Waals surface area (Å²) in [5.41, 5.74) is 1.57. The van der Waals surface area contributed by atoms with Crippen LogP contribution in [0.25, 0.3) is 0 Å². The Kier molecular flexibility index (Phi) is 4.13. The molecular weight excluding hydrogens is 304 g/mol. The molecule has 2 rings (SSSR count). The average molecular weight is 317 g/mol. The minimum absolute atomic E-state index is 0.392. The summed E-state index contributed by atoms with van der Waals surface area (Å²) in [6, 6.07) is 11.9. The smallest absolute Gasteiger partial charge is 0.146 e. The van der Waals surface area contributed by atoms with Gasteiger partial charge in [0.1, 0.15) is 23.4 Å². The summed E-state index contributed by atoms with van der Waals surface area (Å²) >= 11 is 3.46. The highest BCUT2D eigenvalue weighted by molar-refractivity contribution is 9.10. The van der Waals surface area contributed by atoms with Crippen molar-refractivity contribution < 1.29 is 0 Å². The third-order valence-electron chi connectivity index (χ3n) is 2.64. The Bertz CT molecular complexity index is 634. The van der Waals surface area contributed by atoms with E-state index in [0.717, 1.165) is 16.8 Å². The molecule has 2 aromatic rings. The van der Waals surface area contributed by atoms with Gasteiger partial charge in [-0.25, -0.2) is 9.97 Å². The first-order chi connectivity index (χ1) is 9.08. The molecule has 0 radical (unpaired) electrons. The molecule has 0 aliphatic carbocycles. The standard InChI is InChI=1S/C14H13BrN4/c1-10-17-13(8-16)7-14(18-10)19(2)9-11-4-3-5-12(15)6-11/h3-7H,9H2,1-2H3. The van der Waals surface area contributed by atoms with Crippen molar-refractivity contribution in [1.29, 1.82) is 5.26 Å². The van der Waals surface area contributed by atoms with Crippen molar-refractivity contribution in [2.75, 3.05) is 11.9 Å². The van der Waals surface area contributed by atoms with E-state index in [4.69, 9.17) is 5.26 Å². The van der Waals surface area contributed by atoms with Gasteiger partial charge in [0.05, 0.1) is 0 Å². The van der Waals surface area contributed by atoms with E-state index in [1.807, 2.05) is 24.1 Å². The van der Waals surface area contributed by atoms with E-state index in [1.165, 1.54) is 5.56 Å². The molecule has 5 heteroatoms. The van der Waals surface area contributed by atoms with Crippen LogP contribution in [0.3, 0.4) is 0 Å². The number of halogens is 1. The van der Waals surface area contributed by atoms with Gasteiger partial charge in [0, 0.05) is 24.1 Å². The molecule has 0 aliphatic rings. The first-order valence-electron chi connectivity index (χ1n) is 5.80. The highest BCUT2D eigenvalue weighted by Crippen LogP contribution is 2.17. The van der Waals surface area contributed by atoms with Crippen molar-refractivity contribution >= 4 is 21.7 Å². The van der Waals surface area contributed by atoms with Crippen LogP contribution >= 0.6 is 15.9 Å². The van der Waals surface area contributed by atoms with Gasteiger partial charge in [-0.05, 0) is 24.6 Å². The lowest BCUT2D eigenvalue weighted by molar-refractivity contribution is 0.876. The van der Waals surface area contributed by atoms with Crippen LogP contribution in [0, 0.1) is 18.3 Å². The van der Waals surface area contributed by atoms with Crippen LogP contribution in [-0.4, -0.2) is 17.0 Å². The monoisotopic (exact) mass is 316 g/mol. The molecule has 0 spiro atoms. The van der Waals surface area contributed by atoms with Gasteiger partial charge in [-0.15, -0.1) is 0 Å². The summed E-state index contributed by atoms with van der Waals surface area (Å²) in [6.45, 7) is 2.51. The molecule has 0 unspecified atom stereocenters. The van der Waals surface area contributed by atoms with Gasteiger partial charge in [0.25, 0.3) is 0 Å². The maximum absolute atomic E-state index is 8.93. The van der Waals surface area contributed by atoms with Gasteiger partial charge in [-0.3, -0.25) is 0 Å². The Labute approximate surface area is 120 Å². The van der Waals surface area contributed by atoms with Gasteiger partial charge in [-0.2, -0.15) is 5.26 Å². The number of aryl methyl sites for hydroxylation is 1. The number of hydrogen-bond acceptors (Lipinski definition) is 4. The third-order valence-corrected chi connectivity index (χ3v) is 3.13. The molecule has 0 fully saturated rings. The van der Waals surface area contributed by atoms with E-state index in [2.05, 4.69) is 44.1 Å². The van der Waals surface area contributed by atoms with Crippen LogP contribution < -0.4 is 4.90 Å². The van der Waals surface area contributed by atoms with E-state index in [-0.39, 0.29) is 0 Å². The molecule has 1 aromatic heterocycles. The molecule has 0 saturated carbocycles. The van der Waals surface area contributed by atoms with Crippen LogP contribution in [0.1, 0.15) is 17.1 Å². The van der Waals surface area contributed by atoms with Gasteiger partial charge < -0.3 is 4.90 Å². The number of nitriles is 1. The highest BCUT2D eigenvalue weighted by atomic mass is 79.9. The summed E-state index contributed by atoms with van der Waals surface area (Å²) in [6.07, 6.45) is 0. The summed E-state index contributed by atoms with van der Waals surface area (Å²) in [4.78, 5) is 10.4. The van der Waals surface area contributed by atoms with Crippen molar-refractivity contribution in [2.45, 2.75) is 13.5 Å². The summed E-state index contributed by atoms with van der Waals surface area (Å²) in [7, 11) is 1.95. The van der Waals surface area contributed by atoms with Crippen LogP contribution in [0.5, 0.6) is 0 Å². The number of rotatable bonds is 3. The van der Waals surface area contributed by atoms with E-state index >= 15 is 0 Å². The van der Waals surface area contributed by atoms with Crippen LogP contribution in [0.4, 0.5) is 5.82 Å². The Balaban J connectivity index is 2.23. The first-order valence-corrected chi connectivity index (χ1v) is 6.59. The lowest BCUT2D eigenvalue weighted by Gasteiger charge is -2.18. The topological polar surface area (TPSA) is 52.8 Å². The predicted molar refractivity (Wildman–Crippen MR) is 77.7 cm³/mol. The molecule has 4 nitrogen and oxygen atoms in total. The molecule has 0 amide bonds. The largest absolute Gasteiger partial charge is 0.355 e. The molecule has 0 saturated heterocycles. The normalized spacial score (nSPS) is 10.0. The van der Waals surface area contributed by atoms with Crippen molar-refractivity contribution in [3.8, 4) is 6.07 Å². The van der Waals surface area contributed by atoms with E-state index in [0.29, 0.717) is 11.5 Å². The minimum atomic E-state index is 0.392. The maximum Gasteiger partial charge on any atom is 0.146 e. The number of hydrogen-bond donors (Lipinski definition) is 0. The highest BCUT2D eigenvalue weighted by Gasteiger charge is 2.07. The first kappa shape index (κ1) is 13.5. The van der Waals surface area contributed by atoms with Crippen LogP contribution in [-0.2, 0) is 6.54 Å². The maximum atomic E-state index is 8.93. The Hall–Kier alpha value is -1.93. The summed E-state index contributed by atoms with van der Waals surface area (Å²) < 4.78 is 1.05. The number of aromatic nitrogens is 2. The summed E-state index contributed by atoms with van der Waals surface area (Å²) in [5, 5.41) is 8.93. The molecule has 1 heterocycles. The Morgan fingerprint density at radius 3 is 2.79 bits per heavy atom. The fourth-order valence-corrected chi connectivity index (χ4v) is 2.24. The molecule has 0 bridgehead atoms. The molecule has 0 N–H and O–H groups in total. The predicted octanol–water partition coefficient (Wildman–Crippen LogP) is 3.06. The molecule has 0 atom stereocenters. The molecule has 0 aliphatic heterocycles. The van der Waals surface area contributed by atoms with E-state index in [1.54, 1.807) is 13.0 Å². The molecule has 96 valence electrons. The van der Waals surface area contributed by atoms with Crippen molar-refractivity contribution in [3.63, 3.8) is 0 Å². The molecule has 19 heavy (non-hydrogen) atoms.